The Morgan fingerprint density at radius 3 is 2.81 bits per heavy atom. The van der Waals surface area contributed by atoms with Gasteiger partial charge in [0.25, 0.3) is 5.56 Å². The Kier molecular flexibility index (Phi) is 5.87. The lowest BCUT2D eigenvalue weighted by Crippen LogP contribution is -2.24. The Morgan fingerprint density at radius 1 is 1.22 bits per heavy atom. The number of methoxy groups -OCH3 is 1. The predicted molar refractivity (Wildman–Crippen MR) is 100 cm³/mol. The van der Waals surface area contributed by atoms with Gasteiger partial charge in [0.1, 0.15) is 0 Å². The highest BCUT2D eigenvalue weighted by Crippen LogP contribution is 2.12. The topological polar surface area (TPSA) is 68.5 Å². The number of benzene rings is 2. The zero-order valence-electron chi connectivity index (χ0n) is 14.7. The number of hydrogen-bond donors (Lipinski definition) is 1. The van der Waals surface area contributed by atoms with Gasteiger partial charge in [0.05, 0.1) is 17.1 Å². The summed E-state index contributed by atoms with van der Waals surface area (Å²) in [5, 5.41) is 4.51. The van der Waals surface area contributed by atoms with Gasteiger partial charge in [0.2, 0.25) is 5.95 Å². The van der Waals surface area contributed by atoms with Crippen molar-refractivity contribution in [3.8, 4) is 0 Å². The van der Waals surface area contributed by atoms with Crippen molar-refractivity contribution in [1.29, 1.82) is 0 Å². The zero-order valence-corrected chi connectivity index (χ0v) is 14.7. The summed E-state index contributed by atoms with van der Waals surface area (Å²) in [6, 6.07) is 10.5. The van der Waals surface area contributed by atoms with E-state index in [0.29, 0.717) is 36.0 Å². The molecule has 0 bridgehead atoms. The SMILES string of the molecule is COCCCn1c(N/N=C\c2ccc(F)c(F)c2)nc2ccccc2c1=O. The molecule has 140 valence electrons. The van der Waals surface area contributed by atoms with Gasteiger partial charge in [0, 0.05) is 20.3 Å². The first-order valence-electron chi connectivity index (χ1n) is 8.33. The van der Waals surface area contributed by atoms with Gasteiger partial charge in [-0.15, -0.1) is 0 Å². The Bertz CT molecular complexity index is 1030. The van der Waals surface area contributed by atoms with Crippen LogP contribution >= 0.6 is 0 Å². The van der Waals surface area contributed by atoms with Crippen LogP contribution in [0, 0.1) is 11.6 Å². The molecular formula is C19H18F2N4O2. The number of hydrazone groups is 1. The van der Waals surface area contributed by atoms with Crippen molar-refractivity contribution < 1.29 is 13.5 Å². The summed E-state index contributed by atoms with van der Waals surface area (Å²) in [5.74, 6) is -1.63. The van der Waals surface area contributed by atoms with E-state index in [9.17, 15) is 13.6 Å². The number of nitrogens with zero attached hydrogens (tertiary/aromatic N) is 3. The second-order valence-corrected chi connectivity index (χ2v) is 5.80. The molecule has 0 radical (unpaired) electrons. The Balaban J connectivity index is 1.91. The van der Waals surface area contributed by atoms with Crippen LogP contribution in [-0.2, 0) is 11.3 Å². The van der Waals surface area contributed by atoms with E-state index in [-0.39, 0.29) is 11.5 Å². The number of hydrogen-bond acceptors (Lipinski definition) is 5. The Morgan fingerprint density at radius 2 is 2.04 bits per heavy atom. The summed E-state index contributed by atoms with van der Waals surface area (Å²) in [6.07, 6.45) is 1.95. The standard InChI is InChI=1S/C19H18F2N4O2/c1-27-10-4-9-25-18(26)14-5-2-3-6-17(14)23-19(25)24-22-12-13-7-8-15(20)16(21)11-13/h2-3,5-8,11-12H,4,9-10H2,1H3,(H,23,24)/b22-12-. The van der Waals surface area contributed by atoms with Gasteiger partial charge in [0.15, 0.2) is 11.6 Å². The van der Waals surface area contributed by atoms with Crippen LogP contribution in [0.15, 0.2) is 52.4 Å². The lowest BCUT2D eigenvalue weighted by Gasteiger charge is -2.12. The van der Waals surface area contributed by atoms with Gasteiger partial charge in [-0.05, 0) is 36.2 Å². The minimum atomic E-state index is -0.959. The first kappa shape index (κ1) is 18.7. The monoisotopic (exact) mass is 372 g/mol. The second-order valence-electron chi connectivity index (χ2n) is 5.80. The van der Waals surface area contributed by atoms with Crippen LogP contribution in [0.3, 0.4) is 0 Å². The Labute approximate surface area is 154 Å². The van der Waals surface area contributed by atoms with Crippen LogP contribution in [0.2, 0.25) is 0 Å². The van der Waals surface area contributed by atoms with Crippen molar-refractivity contribution in [2.24, 2.45) is 5.10 Å². The average molecular weight is 372 g/mol. The normalized spacial score (nSPS) is 11.4. The predicted octanol–water partition coefficient (Wildman–Crippen LogP) is 3.16. The summed E-state index contributed by atoms with van der Waals surface area (Å²) in [4.78, 5) is 17.2. The molecular weight excluding hydrogens is 354 g/mol. The quantitative estimate of drug-likeness (QED) is 0.393. The fraction of sp³-hybridized carbons (Fsp3) is 0.211. The van der Waals surface area contributed by atoms with Gasteiger partial charge in [-0.3, -0.25) is 9.36 Å². The Hall–Kier alpha value is -3.13. The van der Waals surface area contributed by atoms with Crippen molar-refractivity contribution in [3.05, 3.63) is 70.0 Å². The molecule has 0 amide bonds. The van der Waals surface area contributed by atoms with Gasteiger partial charge >= 0.3 is 0 Å². The summed E-state index contributed by atoms with van der Waals surface area (Å²) < 4.78 is 32.8. The van der Waals surface area contributed by atoms with Crippen molar-refractivity contribution >= 4 is 23.1 Å². The summed E-state index contributed by atoms with van der Waals surface area (Å²) in [5.41, 5.74) is 3.44. The first-order valence-corrected chi connectivity index (χ1v) is 8.33. The van der Waals surface area contributed by atoms with Crippen molar-refractivity contribution in [1.82, 2.24) is 9.55 Å². The van der Waals surface area contributed by atoms with E-state index in [1.807, 2.05) is 0 Å². The molecule has 6 nitrogen and oxygen atoms in total. The van der Waals surface area contributed by atoms with Gasteiger partial charge in [-0.25, -0.2) is 19.2 Å². The molecule has 0 saturated heterocycles. The third-order valence-electron chi connectivity index (χ3n) is 3.91. The number of rotatable bonds is 7. The molecule has 8 heteroatoms. The number of para-hydroxylation sites is 1. The van der Waals surface area contributed by atoms with Crippen molar-refractivity contribution in [2.75, 3.05) is 19.1 Å². The highest BCUT2D eigenvalue weighted by Gasteiger charge is 2.10. The van der Waals surface area contributed by atoms with E-state index in [1.165, 1.54) is 16.8 Å². The van der Waals surface area contributed by atoms with Gasteiger partial charge in [-0.1, -0.05) is 18.2 Å². The minimum Gasteiger partial charge on any atom is -0.385 e. The van der Waals surface area contributed by atoms with Crippen LogP contribution in [0.5, 0.6) is 0 Å². The lowest BCUT2D eigenvalue weighted by atomic mass is 10.2. The molecule has 27 heavy (non-hydrogen) atoms. The molecule has 1 N–H and O–H groups in total. The van der Waals surface area contributed by atoms with E-state index in [4.69, 9.17) is 4.74 Å². The highest BCUT2D eigenvalue weighted by atomic mass is 19.2. The number of aromatic nitrogens is 2. The molecule has 0 aliphatic rings. The van der Waals surface area contributed by atoms with E-state index >= 15 is 0 Å². The van der Waals surface area contributed by atoms with Crippen LogP contribution in [0.25, 0.3) is 10.9 Å². The molecule has 0 spiro atoms. The maximum atomic E-state index is 13.3. The fourth-order valence-corrected chi connectivity index (χ4v) is 2.59. The average Bonchev–Trinajstić information content (AvgIpc) is 2.67. The van der Waals surface area contributed by atoms with Crippen LogP contribution in [-0.4, -0.2) is 29.5 Å². The first-order chi connectivity index (χ1) is 13.1. The number of ether oxygens (including phenoxy) is 1. The largest absolute Gasteiger partial charge is 0.385 e. The van der Waals surface area contributed by atoms with E-state index in [2.05, 4.69) is 15.5 Å². The molecule has 1 heterocycles. The molecule has 0 fully saturated rings. The molecule has 2 aromatic carbocycles. The molecule has 0 aliphatic heterocycles. The fourth-order valence-electron chi connectivity index (χ4n) is 2.59. The van der Waals surface area contributed by atoms with E-state index in [1.54, 1.807) is 31.4 Å². The number of anilines is 1. The minimum absolute atomic E-state index is 0.192. The van der Waals surface area contributed by atoms with Gasteiger partial charge in [-0.2, -0.15) is 5.10 Å². The molecule has 0 atom stereocenters. The van der Waals surface area contributed by atoms with Crippen molar-refractivity contribution in [2.45, 2.75) is 13.0 Å². The molecule has 0 saturated carbocycles. The van der Waals surface area contributed by atoms with E-state index < -0.39 is 11.6 Å². The summed E-state index contributed by atoms with van der Waals surface area (Å²) in [6.45, 7) is 0.893. The molecule has 3 rings (SSSR count). The van der Waals surface area contributed by atoms with Crippen LogP contribution < -0.4 is 11.0 Å². The number of nitrogens with one attached hydrogen (secondary N) is 1. The van der Waals surface area contributed by atoms with Crippen molar-refractivity contribution in [3.63, 3.8) is 0 Å². The molecule has 0 unspecified atom stereocenters. The summed E-state index contributed by atoms with van der Waals surface area (Å²) in [7, 11) is 1.59. The highest BCUT2D eigenvalue weighted by molar-refractivity contribution is 5.81. The number of halogens is 2. The van der Waals surface area contributed by atoms with E-state index in [0.717, 1.165) is 12.1 Å². The third kappa shape index (κ3) is 4.35. The molecule has 0 aliphatic carbocycles. The summed E-state index contributed by atoms with van der Waals surface area (Å²) >= 11 is 0. The van der Waals surface area contributed by atoms with Crippen LogP contribution in [0.4, 0.5) is 14.7 Å². The van der Waals surface area contributed by atoms with Gasteiger partial charge < -0.3 is 4.74 Å². The number of fused-ring (bicyclic) bond motifs is 1. The zero-order chi connectivity index (χ0) is 19.2. The second kappa shape index (κ2) is 8.50. The maximum absolute atomic E-state index is 13.3. The van der Waals surface area contributed by atoms with Crippen LogP contribution in [0.1, 0.15) is 12.0 Å². The maximum Gasteiger partial charge on any atom is 0.262 e. The molecule has 3 aromatic rings. The lowest BCUT2D eigenvalue weighted by molar-refractivity contribution is 0.190. The smallest absolute Gasteiger partial charge is 0.262 e. The molecule has 1 aromatic heterocycles. The third-order valence-corrected chi connectivity index (χ3v) is 3.91.